The molecule has 0 saturated carbocycles. The van der Waals surface area contributed by atoms with Gasteiger partial charge in [-0.15, -0.1) is 0 Å². The molecule has 1 aromatic heterocycles. The van der Waals surface area contributed by atoms with Crippen LogP contribution in [0.15, 0.2) is 34.9 Å². The Hall–Kier alpha value is -3.69. The van der Waals surface area contributed by atoms with E-state index in [0.29, 0.717) is 36.3 Å². The zero-order chi connectivity index (χ0) is 25.1. The summed E-state index contributed by atoms with van der Waals surface area (Å²) in [7, 11) is 3.07. The fraction of sp³-hybridized carbons (Fsp3) is 0.480. The Morgan fingerprint density at radius 3 is 2.34 bits per heavy atom. The van der Waals surface area contributed by atoms with E-state index in [1.807, 2.05) is 26.0 Å². The third-order valence-corrected chi connectivity index (χ3v) is 6.27. The number of aromatic nitrogens is 2. The molecule has 0 N–H and O–H groups in total. The number of nitrogens with zero attached hydrogens (tertiary/aromatic N) is 3. The van der Waals surface area contributed by atoms with Crippen LogP contribution in [0.2, 0.25) is 0 Å². The quantitative estimate of drug-likeness (QED) is 0.301. The van der Waals surface area contributed by atoms with Gasteiger partial charge in [0, 0.05) is 5.56 Å². The Morgan fingerprint density at radius 2 is 1.74 bits per heavy atom. The van der Waals surface area contributed by atoms with Crippen LogP contribution < -0.4 is 9.47 Å². The van der Waals surface area contributed by atoms with Crippen LogP contribution in [0.3, 0.4) is 0 Å². The Morgan fingerprint density at radius 1 is 1.09 bits per heavy atom. The van der Waals surface area contributed by atoms with Crippen LogP contribution >= 0.6 is 0 Å². The highest BCUT2D eigenvalue weighted by atomic mass is 16.6. The summed E-state index contributed by atoms with van der Waals surface area (Å²) in [5.41, 5.74) is 0.631. The fourth-order valence-corrected chi connectivity index (χ4v) is 4.52. The Kier molecular flexibility index (Phi) is 7.18. The number of methoxy groups -OCH3 is 2. The first-order valence-electron chi connectivity index (χ1n) is 11.6. The van der Waals surface area contributed by atoms with Gasteiger partial charge in [-0.3, -0.25) is 14.5 Å². The minimum Gasteiger partial charge on any atom is -0.493 e. The van der Waals surface area contributed by atoms with E-state index < -0.39 is 23.8 Å². The normalized spacial score (nSPS) is 20.2. The number of amides is 2. The molecule has 35 heavy (non-hydrogen) atoms. The summed E-state index contributed by atoms with van der Waals surface area (Å²) >= 11 is 0. The summed E-state index contributed by atoms with van der Waals surface area (Å²) in [4.78, 5) is 44.5. The molecule has 1 aromatic carbocycles. The first-order valence-corrected chi connectivity index (χ1v) is 11.6. The Labute approximate surface area is 203 Å². The van der Waals surface area contributed by atoms with Gasteiger partial charge in [0.05, 0.1) is 26.1 Å². The summed E-state index contributed by atoms with van der Waals surface area (Å²) in [5.74, 6) is -0.583. The first-order chi connectivity index (χ1) is 16.8. The third kappa shape index (κ3) is 4.91. The Balaban J connectivity index is 1.46. The number of ether oxygens (including phenoxy) is 3. The van der Waals surface area contributed by atoms with Crippen LogP contribution in [-0.4, -0.2) is 53.1 Å². The first kappa shape index (κ1) is 24.4. The molecule has 2 aliphatic rings. The summed E-state index contributed by atoms with van der Waals surface area (Å²) in [6.45, 7) is 3.57. The minimum absolute atomic E-state index is 0.0639. The van der Waals surface area contributed by atoms with Crippen LogP contribution in [0.25, 0.3) is 11.4 Å². The highest BCUT2D eigenvalue weighted by Crippen LogP contribution is 2.37. The average molecular weight is 484 g/mol. The number of esters is 1. The van der Waals surface area contributed by atoms with E-state index in [0.717, 1.165) is 4.90 Å². The molecule has 0 radical (unpaired) electrons. The number of benzene rings is 1. The van der Waals surface area contributed by atoms with Crippen molar-refractivity contribution in [2.45, 2.75) is 45.8 Å². The second-order valence-corrected chi connectivity index (χ2v) is 9.04. The number of rotatable bonds is 9. The van der Waals surface area contributed by atoms with E-state index >= 15 is 0 Å². The molecule has 1 aliphatic heterocycles. The molecule has 2 amide bonds. The maximum atomic E-state index is 13.1. The number of carbonyl (C=O) groups excluding carboxylic acids is 3. The number of hydrogen-bond donors (Lipinski definition) is 0. The van der Waals surface area contributed by atoms with Crippen molar-refractivity contribution in [3.63, 3.8) is 0 Å². The molecule has 4 rings (SSSR count). The van der Waals surface area contributed by atoms with Crippen molar-refractivity contribution in [1.29, 1.82) is 0 Å². The lowest BCUT2D eigenvalue weighted by Crippen LogP contribution is -2.47. The number of fused-ring (bicyclic) bond motifs is 1. The number of carbonyl (C=O) groups is 3. The molecule has 186 valence electrons. The summed E-state index contributed by atoms with van der Waals surface area (Å²) in [6.07, 6.45) is 5.16. The minimum atomic E-state index is -0.992. The molecule has 10 nitrogen and oxygen atoms in total. The SMILES string of the molecule is COc1ccc(-c2noc(COC(=O)[C@H](CC(C)C)N3C(=O)[C@H]4CC=CC[C@@H]4C3=O)n2)cc1OC. The lowest BCUT2D eigenvalue weighted by molar-refractivity contribution is -0.161. The van der Waals surface area contributed by atoms with Crippen molar-refractivity contribution in [2.75, 3.05) is 14.2 Å². The molecular weight excluding hydrogens is 454 g/mol. The van der Waals surface area contributed by atoms with Gasteiger partial charge in [-0.1, -0.05) is 31.2 Å². The molecular formula is C25H29N3O7. The van der Waals surface area contributed by atoms with Crippen molar-refractivity contribution in [2.24, 2.45) is 17.8 Å². The van der Waals surface area contributed by atoms with Gasteiger partial charge >= 0.3 is 5.97 Å². The van der Waals surface area contributed by atoms with Crippen LogP contribution in [0.1, 0.15) is 39.0 Å². The van der Waals surface area contributed by atoms with Crippen molar-refractivity contribution in [3.05, 3.63) is 36.2 Å². The monoisotopic (exact) mass is 483 g/mol. The molecule has 1 fully saturated rings. The average Bonchev–Trinajstić information content (AvgIpc) is 3.43. The predicted molar refractivity (Wildman–Crippen MR) is 123 cm³/mol. The molecule has 10 heteroatoms. The largest absolute Gasteiger partial charge is 0.493 e. The van der Waals surface area contributed by atoms with E-state index in [1.165, 1.54) is 7.11 Å². The second kappa shape index (κ2) is 10.3. The molecule has 0 unspecified atom stereocenters. The third-order valence-electron chi connectivity index (χ3n) is 6.27. The van der Waals surface area contributed by atoms with E-state index in [1.54, 1.807) is 25.3 Å². The van der Waals surface area contributed by atoms with Gasteiger partial charge in [-0.25, -0.2) is 4.79 Å². The van der Waals surface area contributed by atoms with Crippen LogP contribution in [-0.2, 0) is 25.7 Å². The van der Waals surface area contributed by atoms with E-state index in [-0.39, 0.29) is 36.1 Å². The lowest BCUT2D eigenvalue weighted by atomic mass is 9.85. The molecule has 3 atom stereocenters. The fourth-order valence-electron chi connectivity index (χ4n) is 4.52. The van der Waals surface area contributed by atoms with Gasteiger partial charge in [-0.05, 0) is 43.4 Å². The van der Waals surface area contributed by atoms with Crippen molar-refractivity contribution >= 4 is 17.8 Å². The molecule has 1 saturated heterocycles. The standard InChI is InChI=1S/C25H29N3O7/c1-14(2)11-18(28-23(29)16-7-5-6-8-17(16)24(28)30)25(31)34-13-21-26-22(27-35-21)15-9-10-19(32-3)20(12-15)33-4/h5-6,9-10,12,14,16-18H,7-8,11,13H2,1-4H3/t16-,17-,18-/m0/s1. The molecule has 2 heterocycles. The zero-order valence-corrected chi connectivity index (χ0v) is 20.2. The van der Waals surface area contributed by atoms with Crippen LogP contribution in [0.4, 0.5) is 0 Å². The topological polar surface area (TPSA) is 121 Å². The number of likely N-dealkylation sites (tertiary alicyclic amines) is 1. The molecule has 0 bridgehead atoms. The van der Waals surface area contributed by atoms with Gasteiger partial charge in [0.25, 0.3) is 5.89 Å². The molecule has 1 aliphatic carbocycles. The molecule has 2 aromatic rings. The van der Waals surface area contributed by atoms with E-state index in [4.69, 9.17) is 18.7 Å². The summed E-state index contributed by atoms with van der Waals surface area (Å²) in [5, 5.41) is 3.94. The summed E-state index contributed by atoms with van der Waals surface area (Å²) in [6, 6.07) is 4.18. The smallest absolute Gasteiger partial charge is 0.329 e. The van der Waals surface area contributed by atoms with Crippen molar-refractivity contribution in [3.8, 4) is 22.9 Å². The maximum Gasteiger partial charge on any atom is 0.329 e. The number of allylic oxidation sites excluding steroid dienone is 2. The zero-order valence-electron chi connectivity index (χ0n) is 20.2. The van der Waals surface area contributed by atoms with E-state index in [9.17, 15) is 14.4 Å². The van der Waals surface area contributed by atoms with Crippen molar-refractivity contribution < 1.29 is 33.1 Å². The summed E-state index contributed by atoms with van der Waals surface area (Å²) < 4.78 is 21.2. The van der Waals surface area contributed by atoms with Gasteiger partial charge < -0.3 is 18.7 Å². The van der Waals surface area contributed by atoms with Gasteiger partial charge in [-0.2, -0.15) is 4.98 Å². The lowest BCUT2D eigenvalue weighted by Gasteiger charge is -2.26. The highest BCUT2D eigenvalue weighted by Gasteiger charge is 2.51. The van der Waals surface area contributed by atoms with Gasteiger partial charge in [0.2, 0.25) is 17.6 Å². The maximum absolute atomic E-state index is 13.1. The van der Waals surface area contributed by atoms with E-state index in [2.05, 4.69) is 10.1 Å². The van der Waals surface area contributed by atoms with Gasteiger partial charge in [0.15, 0.2) is 18.1 Å². The number of hydrogen-bond acceptors (Lipinski definition) is 9. The van der Waals surface area contributed by atoms with Crippen molar-refractivity contribution in [1.82, 2.24) is 15.0 Å². The van der Waals surface area contributed by atoms with Gasteiger partial charge in [0.1, 0.15) is 6.04 Å². The predicted octanol–water partition coefficient (Wildman–Crippen LogP) is 3.16. The Bertz CT molecular complexity index is 1110. The van der Waals surface area contributed by atoms with Crippen LogP contribution in [0.5, 0.6) is 11.5 Å². The number of imide groups is 1. The van der Waals surface area contributed by atoms with Crippen LogP contribution in [0, 0.1) is 17.8 Å². The molecule has 0 spiro atoms. The highest BCUT2D eigenvalue weighted by molar-refractivity contribution is 6.08. The second-order valence-electron chi connectivity index (χ2n) is 9.04.